The van der Waals surface area contributed by atoms with Crippen molar-refractivity contribution in [1.29, 1.82) is 0 Å². The lowest BCUT2D eigenvalue weighted by Gasteiger charge is -2.11. The van der Waals surface area contributed by atoms with Crippen LogP contribution < -0.4 is 10.3 Å². The van der Waals surface area contributed by atoms with Crippen LogP contribution >= 0.6 is 11.6 Å². The largest absolute Gasteiger partial charge is 0.497 e. The molecule has 3 aromatic carbocycles. The van der Waals surface area contributed by atoms with Crippen molar-refractivity contribution in [1.82, 2.24) is 14.5 Å². The summed E-state index contributed by atoms with van der Waals surface area (Å²) in [5.74, 6) is 1.31. The number of hydrogen-bond acceptors (Lipinski definition) is 3. The normalized spacial score (nSPS) is 11.5. The van der Waals surface area contributed by atoms with Gasteiger partial charge in [-0.05, 0) is 66.7 Å². The van der Waals surface area contributed by atoms with E-state index >= 15 is 0 Å². The highest BCUT2D eigenvalue weighted by Crippen LogP contribution is 2.25. The molecule has 6 heteroatoms. The van der Waals surface area contributed by atoms with Crippen LogP contribution in [0, 0.1) is 0 Å². The average molecular weight is 428 g/mol. The summed E-state index contributed by atoms with van der Waals surface area (Å²) < 4.78 is 6.96. The lowest BCUT2D eigenvalue weighted by Crippen LogP contribution is -2.22. The number of aromatic nitrogens is 3. The van der Waals surface area contributed by atoms with E-state index in [-0.39, 0.29) is 5.56 Å². The van der Waals surface area contributed by atoms with E-state index in [4.69, 9.17) is 21.3 Å². The number of H-pyrrole nitrogens is 1. The van der Waals surface area contributed by atoms with Crippen molar-refractivity contribution in [3.05, 3.63) is 99.7 Å². The van der Waals surface area contributed by atoms with Crippen molar-refractivity contribution in [2.24, 2.45) is 0 Å². The maximum atomic E-state index is 13.3. The molecule has 31 heavy (non-hydrogen) atoms. The van der Waals surface area contributed by atoms with Crippen LogP contribution in [0.4, 0.5) is 0 Å². The standard InChI is InChI=1S/C25H18ClN3O2/c1-31-19-11-12-22-21(14-19)16(15-27-22)6-13-24-28-23-5-3-2-4-20(23)25(30)29(24)18-9-7-17(26)8-10-18/h2-15,27H,1H3. The molecule has 2 heterocycles. The number of benzene rings is 3. The molecule has 1 N–H and O–H groups in total. The molecule has 0 fully saturated rings. The Morgan fingerprint density at radius 2 is 1.81 bits per heavy atom. The topological polar surface area (TPSA) is 59.9 Å². The fourth-order valence-corrected chi connectivity index (χ4v) is 3.78. The number of ether oxygens (including phenoxy) is 1. The predicted octanol–water partition coefficient (Wildman–Crippen LogP) is 5.70. The number of fused-ring (bicyclic) bond motifs is 2. The Hall–Kier alpha value is -3.83. The van der Waals surface area contributed by atoms with Gasteiger partial charge in [-0.15, -0.1) is 0 Å². The SMILES string of the molecule is COc1ccc2[nH]cc(C=Cc3nc4ccccc4c(=O)n3-c3ccc(Cl)cc3)c2c1. The second kappa shape index (κ2) is 7.78. The van der Waals surface area contributed by atoms with Crippen molar-refractivity contribution in [2.45, 2.75) is 0 Å². The van der Waals surface area contributed by atoms with Crippen molar-refractivity contribution >= 4 is 45.6 Å². The van der Waals surface area contributed by atoms with Crippen LogP contribution in [0.5, 0.6) is 5.75 Å². The van der Waals surface area contributed by atoms with Gasteiger partial charge in [-0.2, -0.15) is 0 Å². The third-order valence-corrected chi connectivity index (χ3v) is 5.47. The number of para-hydroxylation sites is 1. The lowest BCUT2D eigenvalue weighted by atomic mass is 10.1. The van der Waals surface area contributed by atoms with E-state index in [0.717, 1.165) is 22.2 Å². The number of methoxy groups -OCH3 is 1. The highest BCUT2D eigenvalue weighted by molar-refractivity contribution is 6.30. The first-order chi connectivity index (χ1) is 15.1. The first-order valence-electron chi connectivity index (χ1n) is 9.75. The van der Waals surface area contributed by atoms with Crippen LogP contribution in [0.1, 0.15) is 11.4 Å². The van der Waals surface area contributed by atoms with Crippen molar-refractivity contribution < 1.29 is 4.74 Å². The highest BCUT2D eigenvalue weighted by atomic mass is 35.5. The molecule has 0 radical (unpaired) electrons. The molecule has 0 aliphatic heterocycles. The molecule has 0 spiro atoms. The summed E-state index contributed by atoms with van der Waals surface area (Å²) in [6.07, 6.45) is 5.72. The Balaban J connectivity index is 1.70. The van der Waals surface area contributed by atoms with Gasteiger partial charge in [0.1, 0.15) is 11.6 Å². The predicted molar refractivity (Wildman–Crippen MR) is 126 cm³/mol. The summed E-state index contributed by atoms with van der Waals surface area (Å²) in [5.41, 5.74) is 3.19. The molecule has 2 aromatic heterocycles. The molecule has 0 saturated heterocycles. The maximum Gasteiger partial charge on any atom is 0.266 e. The van der Waals surface area contributed by atoms with Gasteiger partial charge in [-0.1, -0.05) is 23.7 Å². The van der Waals surface area contributed by atoms with Gasteiger partial charge in [0.25, 0.3) is 5.56 Å². The third-order valence-electron chi connectivity index (χ3n) is 5.22. The Labute approximate surface area is 183 Å². The summed E-state index contributed by atoms with van der Waals surface area (Å²) in [6, 6.07) is 20.4. The average Bonchev–Trinajstić information content (AvgIpc) is 3.21. The zero-order valence-corrected chi connectivity index (χ0v) is 17.4. The van der Waals surface area contributed by atoms with Crippen LogP contribution in [0.25, 0.3) is 39.6 Å². The molecular formula is C25H18ClN3O2. The van der Waals surface area contributed by atoms with E-state index in [0.29, 0.717) is 27.4 Å². The van der Waals surface area contributed by atoms with Gasteiger partial charge in [0.05, 0.1) is 23.7 Å². The molecule has 0 aliphatic rings. The van der Waals surface area contributed by atoms with E-state index in [1.165, 1.54) is 0 Å². The van der Waals surface area contributed by atoms with E-state index in [1.54, 1.807) is 29.9 Å². The van der Waals surface area contributed by atoms with Crippen molar-refractivity contribution in [2.75, 3.05) is 7.11 Å². The smallest absolute Gasteiger partial charge is 0.266 e. The molecular weight excluding hydrogens is 410 g/mol. The second-order valence-corrected chi connectivity index (χ2v) is 7.53. The number of nitrogens with zero attached hydrogens (tertiary/aromatic N) is 2. The monoisotopic (exact) mass is 427 g/mol. The van der Waals surface area contributed by atoms with Gasteiger partial charge in [0, 0.05) is 27.7 Å². The minimum absolute atomic E-state index is 0.131. The van der Waals surface area contributed by atoms with Crippen LogP contribution in [0.3, 0.4) is 0 Å². The van der Waals surface area contributed by atoms with Crippen LogP contribution in [0.15, 0.2) is 77.7 Å². The molecule has 0 saturated carbocycles. The first-order valence-corrected chi connectivity index (χ1v) is 10.1. The van der Waals surface area contributed by atoms with Gasteiger partial charge in [0.2, 0.25) is 0 Å². The molecule has 152 valence electrons. The van der Waals surface area contributed by atoms with E-state index < -0.39 is 0 Å². The number of hydrogen-bond donors (Lipinski definition) is 1. The van der Waals surface area contributed by atoms with Crippen molar-refractivity contribution in [3.8, 4) is 11.4 Å². The van der Waals surface area contributed by atoms with Crippen LogP contribution in [-0.4, -0.2) is 21.6 Å². The van der Waals surface area contributed by atoms with Gasteiger partial charge >= 0.3 is 0 Å². The summed E-state index contributed by atoms with van der Waals surface area (Å²) >= 11 is 6.05. The van der Waals surface area contributed by atoms with E-state index in [2.05, 4.69) is 4.98 Å². The molecule has 0 atom stereocenters. The minimum Gasteiger partial charge on any atom is -0.497 e. The molecule has 5 rings (SSSR count). The molecule has 5 aromatic rings. The fourth-order valence-electron chi connectivity index (χ4n) is 3.65. The summed E-state index contributed by atoms with van der Waals surface area (Å²) in [7, 11) is 1.65. The summed E-state index contributed by atoms with van der Waals surface area (Å²) in [5, 5.41) is 2.19. The third kappa shape index (κ3) is 3.49. The van der Waals surface area contributed by atoms with Gasteiger partial charge in [-0.25, -0.2) is 4.98 Å². The number of aromatic amines is 1. The zero-order valence-electron chi connectivity index (χ0n) is 16.7. The van der Waals surface area contributed by atoms with E-state index in [9.17, 15) is 4.79 Å². The minimum atomic E-state index is -0.131. The van der Waals surface area contributed by atoms with Gasteiger partial charge in [0.15, 0.2) is 0 Å². The Kier molecular flexibility index (Phi) is 4.81. The molecule has 0 unspecified atom stereocenters. The van der Waals surface area contributed by atoms with Crippen LogP contribution in [0.2, 0.25) is 5.02 Å². The Morgan fingerprint density at radius 3 is 2.61 bits per heavy atom. The number of halogens is 1. The van der Waals surface area contributed by atoms with Gasteiger partial charge in [-0.3, -0.25) is 9.36 Å². The van der Waals surface area contributed by atoms with E-state index in [1.807, 2.05) is 66.9 Å². The van der Waals surface area contributed by atoms with Crippen LogP contribution in [-0.2, 0) is 0 Å². The summed E-state index contributed by atoms with van der Waals surface area (Å²) in [4.78, 5) is 21.3. The molecule has 0 bridgehead atoms. The number of nitrogens with one attached hydrogen (secondary N) is 1. The zero-order chi connectivity index (χ0) is 21.4. The van der Waals surface area contributed by atoms with Gasteiger partial charge < -0.3 is 9.72 Å². The summed E-state index contributed by atoms with van der Waals surface area (Å²) in [6.45, 7) is 0. The molecule has 0 amide bonds. The second-order valence-electron chi connectivity index (χ2n) is 7.09. The Morgan fingerprint density at radius 1 is 1.00 bits per heavy atom. The molecule has 0 aliphatic carbocycles. The quantitative estimate of drug-likeness (QED) is 0.400. The first kappa shape index (κ1) is 19.2. The lowest BCUT2D eigenvalue weighted by molar-refractivity contribution is 0.415. The molecule has 5 nitrogen and oxygen atoms in total. The maximum absolute atomic E-state index is 13.3. The Bertz CT molecular complexity index is 1500. The van der Waals surface area contributed by atoms with Crippen molar-refractivity contribution in [3.63, 3.8) is 0 Å². The highest BCUT2D eigenvalue weighted by Gasteiger charge is 2.11. The fraction of sp³-hybridized carbons (Fsp3) is 0.0400. The number of rotatable bonds is 4.